The van der Waals surface area contributed by atoms with Crippen LogP contribution in [0.4, 0.5) is 0 Å². The number of amides is 1. The first-order valence-electron chi connectivity index (χ1n) is 6.60. The number of rotatable bonds is 5. The van der Waals surface area contributed by atoms with E-state index in [4.69, 9.17) is 15.3 Å². The Morgan fingerprint density at radius 2 is 1.77 bits per heavy atom. The highest BCUT2D eigenvalue weighted by Crippen LogP contribution is 2.16. The van der Waals surface area contributed by atoms with Gasteiger partial charge < -0.3 is 10.1 Å². The molecule has 2 rings (SSSR count). The zero-order valence-corrected chi connectivity index (χ0v) is 11.7. The Hall–Kier alpha value is -3.31. The molecule has 0 aromatic heterocycles. The number of nitrogens with one attached hydrogen (secondary N) is 1. The molecule has 1 N–H and O–H groups in total. The third kappa shape index (κ3) is 4.09. The van der Waals surface area contributed by atoms with Crippen molar-refractivity contribution in [3.05, 3.63) is 65.2 Å². The van der Waals surface area contributed by atoms with Crippen molar-refractivity contribution in [2.24, 2.45) is 0 Å². The smallest absolute Gasteiger partial charge is 0.258 e. The summed E-state index contributed by atoms with van der Waals surface area (Å²) in [6.07, 6.45) is 0. The van der Waals surface area contributed by atoms with E-state index in [0.717, 1.165) is 5.56 Å². The molecule has 2 aromatic carbocycles. The highest BCUT2D eigenvalue weighted by molar-refractivity contribution is 5.77. The predicted molar refractivity (Wildman–Crippen MR) is 79.7 cm³/mol. The Labute approximate surface area is 128 Å². The van der Waals surface area contributed by atoms with Gasteiger partial charge in [-0.15, -0.1) is 0 Å². The standard InChI is InChI=1S/C17H13N3O2/c18-9-13-5-7-14(8-6-13)11-20-17(21)12-22-16-4-2-1-3-15(16)10-19/h1-8H,11-12H2,(H,20,21). The normalized spacial score (nSPS) is 9.36. The molecule has 1 amide bonds. The quantitative estimate of drug-likeness (QED) is 0.914. The summed E-state index contributed by atoms with van der Waals surface area (Å²) in [5, 5.41) is 20.3. The van der Waals surface area contributed by atoms with Gasteiger partial charge in [0.1, 0.15) is 11.8 Å². The number of nitriles is 2. The number of hydrogen-bond acceptors (Lipinski definition) is 4. The molecule has 0 aliphatic carbocycles. The number of ether oxygens (including phenoxy) is 1. The first-order chi connectivity index (χ1) is 10.7. The van der Waals surface area contributed by atoms with Gasteiger partial charge in [0.2, 0.25) is 0 Å². The summed E-state index contributed by atoms with van der Waals surface area (Å²) >= 11 is 0. The van der Waals surface area contributed by atoms with Crippen LogP contribution in [0.1, 0.15) is 16.7 Å². The minimum Gasteiger partial charge on any atom is -0.482 e. The topological polar surface area (TPSA) is 85.9 Å². The number of para-hydroxylation sites is 1. The molecule has 5 heteroatoms. The third-order valence-electron chi connectivity index (χ3n) is 2.94. The van der Waals surface area contributed by atoms with Gasteiger partial charge in [0.15, 0.2) is 6.61 Å². The third-order valence-corrected chi connectivity index (χ3v) is 2.94. The molecule has 22 heavy (non-hydrogen) atoms. The van der Waals surface area contributed by atoms with Crippen LogP contribution in [-0.2, 0) is 11.3 Å². The monoisotopic (exact) mass is 291 g/mol. The highest BCUT2D eigenvalue weighted by Gasteiger charge is 2.06. The molecule has 0 aliphatic heterocycles. The average molecular weight is 291 g/mol. The Morgan fingerprint density at radius 3 is 2.45 bits per heavy atom. The molecule has 2 aromatic rings. The molecule has 108 valence electrons. The average Bonchev–Trinajstić information content (AvgIpc) is 2.58. The SMILES string of the molecule is N#Cc1ccc(CNC(=O)COc2ccccc2C#N)cc1. The van der Waals surface area contributed by atoms with Crippen LogP contribution in [0.25, 0.3) is 0 Å². The fraction of sp³-hybridized carbons (Fsp3) is 0.118. The van der Waals surface area contributed by atoms with Crippen molar-refractivity contribution in [1.82, 2.24) is 5.32 Å². The minimum absolute atomic E-state index is 0.158. The van der Waals surface area contributed by atoms with E-state index in [1.54, 1.807) is 48.5 Å². The maximum Gasteiger partial charge on any atom is 0.258 e. The molecular formula is C17H13N3O2. The number of benzene rings is 2. The van der Waals surface area contributed by atoms with Gasteiger partial charge >= 0.3 is 0 Å². The number of hydrogen-bond donors (Lipinski definition) is 1. The highest BCUT2D eigenvalue weighted by atomic mass is 16.5. The molecule has 0 atom stereocenters. The van der Waals surface area contributed by atoms with Crippen LogP contribution in [0.15, 0.2) is 48.5 Å². The van der Waals surface area contributed by atoms with Crippen molar-refractivity contribution in [1.29, 1.82) is 10.5 Å². The van der Waals surface area contributed by atoms with Crippen molar-refractivity contribution in [2.75, 3.05) is 6.61 Å². The van der Waals surface area contributed by atoms with Crippen LogP contribution < -0.4 is 10.1 Å². The van der Waals surface area contributed by atoms with Gasteiger partial charge in [-0.2, -0.15) is 10.5 Å². The second-order valence-corrected chi connectivity index (χ2v) is 4.48. The van der Waals surface area contributed by atoms with E-state index in [1.165, 1.54) is 0 Å². The Morgan fingerprint density at radius 1 is 1.05 bits per heavy atom. The van der Waals surface area contributed by atoms with Gasteiger partial charge in [-0.3, -0.25) is 4.79 Å². The van der Waals surface area contributed by atoms with E-state index in [1.807, 2.05) is 12.1 Å². The summed E-state index contributed by atoms with van der Waals surface area (Å²) in [5.41, 5.74) is 1.86. The summed E-state index contributed by atoms with van der Waals surface area (Å²) in [5.74, 6) is 0.107. The van der Waals surface area contributed by atoms with Gasteiger partial charge in [-0.05, 0) is 29.8 Å². The first-order valence-corrected chi connectivity index (χ1v) is 6.60. The molecule has 0 saturated carbocycles. The largest absolute Gasteiger partial charge is 0.482 e. The van der Waals surface area contributed by atoms with Crippen molar-refractivity contribution >= 4 is 5.91 Å². The second kappa shape index (κ2) is 7.47. The van der Waals surface area contributed by atoms with Gasteiger partial charge in [-0.25, -0.2) is 0 Å². The van der Waals surface area contributed by atoms with E-state index >= 15 is 0 Å². The zero-order valence-electron chi connectivity index (χ0n) is 11.7. The lowest BCUT2D eigenvalue weighted by Gasteiger charge is -2.08. The van der Waals surface area contributed by atoms with Gasteiger partial charge in [0.25, 0.3) is 5.91 Å². The molecule has 0 bridgehead atoms. The zero-order chi connectivity index (χ0) is 15.8. The summed E-state index contributed by atoms with van der Waals surface area (Å²) < 4.78 is 5.34. The van der Waals surface area contributed by atoms with Crippen LogP contribution in [0.2, 0.25) is 0 Å². The van der Waals surface area contributed by atoms with Crippen molar-refractivity contribution in [3.63, 3.8) is 0 Å². The van der Waals surface area contributed by atoms with E-state index in [2.05, 4.69) is 5.32 Å². The van der Waals surface area contributed by atoms with Crippen LogP contribution in [0.3, 0.4) is 0 Å². The first kappa shape index (κ1) is 15.1. The number of carbonyl (C=O) groups excluding carboxylic acids is 1. The van der Waals surface area contributed by atoms with E-state index < -0.39 is 0 Å². The van der Waals surface area contributed by atoms with Crippen molar-refractivity contribution in [2.45, 2.75) is 6.54 Å². The van der Waals surface area contributed by atoms with E-state index in [9.17, 15) is 4.79 Å². The lowest BCUT2D eigenvalue weighted by Crippen LogP contribution is -2.28. The lowest BCUT2D eigenvalue weighted by molar-refractivity contribution is -0.123. The molecule has 0 aliphatic rings. The molecule has 5 nitrogen and oxygen atoms in total. The molecule has 0 spiro atoms. The van der Waals surface area contributed by atoms with Crippen LogP contribution in [-0.4, -0.2) is 12.5 Å². The second-order valence-electron chi connectivity index (χ2n) is 4.48. The number of nitrogens with zero attached hydrogens (tertiary/aromatic N) is 2. The molecule has 0 radical (unpaired) electrons. The molecule has 0 unspecified atom stereocenters. The summed E-state index contributed by atoms with van der Waals surface area (Å²) in [6, 6.07) is 17.7. The fourth-order valence-corrected chi connectivity index (χ4v) is 1.78. The predicted octanol–water partition coefficient (Wildman–Crippen LogP) is 2.13. The van der Waals surface area contributed by atoms with Crippen molar-refractivity contribution in [3.8, 4) is 17.9 Å². The Balaban J connectivity index is 1.83. The van der Waals surface area contributed by atoms with Crippen LogP contribution in [0, 0.1) is 22.7 Å². The molecular weight excluding hydrogens is 278 g/mol. The lowest BCUT2D eigenvalue weighted by atomic mass is 10.1. The summed E-state index contributed by atoms with van der Waals surface area (Å²) in [7, 11) is 0. The maximum atomic E-state index is 11.7. The minimum atomic E-state index is -0.280. The van der Waals surface area contributed by atoms with Gasteiger partial charge in [-0.1, -0.05) is 24.3 Å². The van der Waals surface area contributed by atoms with Crippen LogP contribution in [0.5, 0.6) is 5.75 Å². The Bertz CT molecular complexity index is 740. The van der Waals surface area contributed by atoms with Gasteiger partial charge in [0.05, 0.1) is 17.2 Å². The molecule has 0 saturated heterocycles. The van der Waals surface area contributed by atoms with Crippen LogP contribution >= 0.6 is 0 Å². The van der Waals surface area contributed by atoms with Gasteiger partial charge in [0, 0.05) is 6.54 Å². The number of carbonyl (C=O) groups is 1. The molecule has 0 fully saturated rings. The summed E-state index contributed by atoms with van der Waals surface area (Å²) in [4.78, 5) is 11.7. The Kier molecular flexibility index (Phi) is 5.12. The van der Waals surface area contributed by atoms with Crippen molar-refractivity contribution < 1.29 is 9.53 Å². The fourth-order valence-electron chi connectivity index (χ4n) is 1.78. The maximum absolute atomic E-state index is 11.7. The molecule has 0 heterocycles. The summed E-state index contributed by atoms with van der Waals surface area (Å²) in [6.45, 7) is 0.197. The van der Waals surface area contributed by atoms with E-state index in [0.29, 0.717) is 23.4 Å². The van der Waals surface area contributed by atoms with E-state index in [-0.39, 0.29) is 12.5 Å².